The number of amides is 2. The summed E-state index contributed by atoms with van der Waals surface area (Å²) in [6.07, 6.45) is 17.2. The first-order valence-corrected chi connectivity index (χ1v) is 6.57. The van der Waals surface area contributed by atoms with Crippen molar-refractivity contribution in [2.24, 2.45) is 5.73 Å². The van der Waals surface area contributed by atoms with Crippen molar-refractivity contribution in [1.29, 1.82) is 0 Å². The number of nitrogens with zero attached hydrogens (tertiary/aromatic N) is 1. The molecule has 1 aliphatic carbocycles. The third-order valence-electron chi connectivity index (χ3n) is 2.76. The van der Waals surface area contributed by atoms with Crippen molar-refractivity contribution < 1.29 is 4.79 Å². The second-order valence-electron chi connectivity index (χ2n) is 4.56. The Bertz CT molecular complexity index is 394. The molecule has 0 radical (unpaired) electrons. The van der Waals surface area contributed by atoms with E-state index in [4.69, 9.17) is 5.73 Å². The van der Waals surface area contributed by atoms with Crippen LogP contribution < -0.4 is 11.1 Å². The van der Waals surface area contributed by atoms with Crippen LogP contribution in [0.2, 0.25) is 0 Å². The Morgan fingerprint density at radius 3 is 2.89 bits per heavy atom. The molecular formula is C15H23N3O. The zero-order valence-electron chi connectivity index (χ0n) is 11.6. The van der Waals surface area contributed by atoms with Crippen LogP contribution in [0, 0.1) is 0 Å². The standard InChI is InChI=1S/C15H23N3O/c1-13(16)9-8-12-18(15(19)17-2)14-10-6-4-3-5-7-11-14/h3-8,10,12-14H,9,11,16H2,1-2H3,(H,17,19)/b4-3-,7-5-,10-6?,12-8-. The van der Waals surface area contributed by atoms with E-state index in [0.29, 0.717) is 0 Å². The Hall–Kier alpha value is -1.81. The summed E-state index contributed by atoms with van der Waals surface area (Å²) in [4.78, 5) is 13.6. The van der Waals surface area contributed by atoms with Crippen molar-refractivity contribution in [1.82, 2.24) is 10.2 Å². The average Bonchev–Trinajstić information content (AvgIpc) is 2.34. The van der Waals surface area contributed by atoms with Gasteiger partial charge in [-0.3, -0.25) is 4.90 Å². The van der Waals surface area contributed by atoms with Gasteiger partial charge in [-0.1, -0.05) is 42.5 Å². The van der Waals surface area contributed by atoms with Crippen LogP contribution in [-0.4, -0.2) is 30.1 Å². The van der Waals surface area contributed by atoms with Crippen molar-refractivity contribution in [3.63, 3.8) is 0 Å². The van der Waals surface area contributed by atoms with Crippen molar-refractivity contribution in [3.8, 4) is 0 Å². The minimum absolute atomic E-state index is 0.0190. The minimum Gasteiger partial charge on any atom is -0.341 e. The molecule has 0 heterocycles. The smallest absolute Gasteiger partial charge is 0.321 e. The third kappa shape index (κ3) is 5.57. The number of carbonyl (C=O) groups excluding carboxylic acids is 1. The normalized spacial score (nSPS) is 23.4. The van der Waals surface area contributed by atoms with E-state index in [1.165, 1.54) is 0 Å². The van der Waals surface area contributed by atoms with Gasteiger partial charge in [0.15, 0.2) is 0 Å². The molecular weight excluding hydrogens is 238 g/mol. The lowest BCUT2D eigenvalue weighted by Gasteiger charge is -2.25. The number of nitrogens with two attached hydrogens (primary N) is 1. The van der Waals surface area contributed by atoms with Gasteiger partial charge in [-0.05, 0) is 19.8 Å². The molecule has 0 bridgehead atoms. The van der Waals surface area contributed by atoms with E-state index >= 15 is 0 Å². The molecule has 1 rings (SSSR count). The molecule has 0 saturated carbocycles. The molecule has 0 spiro atoms. The van der Waals surface area contributed by atoms with E-state index in [0.717, 1.165) is 12.8 Å². The van der Waals surface area contributed by atoms with Gasteiger partial charge in [-0.2, -0.15) is 0 Å². The van der Waals surface area contributed by atoms with Crippen molar-refractivity contribution in [2.45, 2.75) is 31.8 Å². The van der Waals surface area contributed by atoms with Crippen LogP contribution in [0.25, 0.3) is 0 Å². The number of nitrogens with one attached hydrogen (secondary N) is 1. The molecule has 4 nitrogen and oxygen atoms in total. The fraction of sp³-hybridized carbons (Fsp3) is 0.400. The maximum Gasteiger partial charge on any atom is 0.321 e. The topological polar surface area (TPSA) is 58.4 Å². The Morgan fingerprint density at radius 1 is 1.47 bits per heavy atom. The Labute approximate surface area is 115 Å². The highest BCUT2D eigenvalue weighted by Crippen LogP contribution is 2.11. The largest absolute Gasteiger partial charge is 0.341 e. The molecule has 104 valence electrons. The predicted molar refractivity (Wildman–Crippen MR) is 79.5 cm³/mol. The number of carbonyl (C=O) groups is 1. The molecule has 2 atom stereocenters. The molecule has 2 unspecified atom stereocenters. The monoisotopic (exact) mass is 261 g/mol. The first-order valence-electron chi connectivity index (χ1n) is 6.57. The van der Waals surface area contributed by atoms with Gasteiger partial charge in [-0.25, -0.2) is 4.79 Å². The van der Waals surface area contributed by atoms with Gasteiger partial charge >= 0.3 is 6.03 Å². The highest BCUT2D eigenvalue weighted by atomic mass is 16.2. The molecule has 0 saturated heterocycles. The average molecular weight is 261 g/mol. The summed E-state index contributed by atoms with van der Waals surface area (Å²) in [5, 5.41) is 2.67. The molecule has 0 aromatic carbocycles. The second-order valence-corrected chi connectivity index (χ2v) is 4.56. The van der Waals surface area contributed by atoms with Crippen LogP contribution in [-0.2, 0) is 0 Å². The number of hydrogen-bond acceptors (Lipinski definition) is 2. The Morgan fingerprint density at radius 2 is 2.21 bits per heavy atom. The zero-order chi connectivity index (χ0) is 14.1. The van der Waals surface area contributed by atoms with Crippen molar-refractivity contribution in [3.05, 3.63) is 48.7 Å². The van der Waals surface area contributed by atoms with Crippen LogP contribution in [0.1, 0.15) is 19.8 Å². The van der Waals surface area contributed by atoms with Gasteiger partial charge in [0.1, 0.15) is 0 Å². The van der Waals surface area contributed by atoms with E-state index in [-0.39, 0.29) is 18.1 Å². The van der Waals surface area contributed by atoms with E-state index in [2.05, 4.69) is 11.4 Å². The summed E-state index contributed by atoms with van der Waals surface area (Å²) in [6, 6.07) is -0.00231. The number of rotatable bonds is 4. The maximum absolute atomic E-state index is 11.9. The summed E-state index contributed by atoms with van der Waals surface area (Å²) in [7, 11) is 1.64. The summed E-state index contributed by atoms with van der Waals surface area (Å²) < 4.78 is 0. The maximum atomic E-state index is 11.9. The lowest BCUT2D eigenvalue weighted by molar-refractivity contribution is 0.209. The van der Waals surface area contributed by atoms with E-state index < -0.39 is 0 Å². The van der Waals surface area contributed by atoms with Crippen molar-refractivity contribution in [2.75, 3.05) is 7.05 Å². The fourth-order valence-corrected chi connectivity index (χ4v) is 1.75. The summed E-state index contributed by atoms with van der Waals surface area (Å²) in [5.41, 5.74) is 5.71. The van der Waals surface area contributed by atoms with E-state index in [1.54, 1.807) is 11.9 Å². The van der Waals surface area contributed by atoms with Gasteiger partial charge in [0.2, 0.25) is 0 Å². The molecule has 3 N–H and O–H groups in total. The lowest BCUT2D eigenvalue weighted by atomic mass is 10.1. The molecule has 0 aliphatic heterocycles. The number of urea groups is 1. The van der Waals surface area contributed by atoms with Crippen LogP contribution in [0.15, 0.2) is 48.7 Å². The summed E-state index contributed by atoms with van der Waals surface area (Å²) in [5.74, 6) is 0. The molecule has 2 amide bonds. The third-order valence-corrected chi connectivity index (χ3v) is 2.76. The Kier molecular flexibility index (Phi) is 6.68. The van der Waals surface area contributed by atoms with Crippen LogP contribution in [0.5, 0.6) is 0 Å². The second kappa shape index (κ2) is 8.32. The number of allylic oxidation sites excluding steroid dienone is 4. The fourth-order valence-electron chi connectivity index (χ4n) is 1.75. The van der Waals surface area contributed by atoms with E-state index in [9.17, 15) is 4.79 Å². The molecule has 4 heteroatoms. The van der Waals surface area contributed by atoms with Crippen LogP contribution in [0.3, 0.4) is 0 Å². The van der Waals surface area contributed by atoms with Gasteiger partial charge in [0.05, 0.1) is 6.04 Å². The highest BCUT2D eigenvalue weighted by Gasteiger charge is 2.17. The molecule has 1 aliphatic rings. The first kappa shape index (κ1) is 15.2. The molecule has 19 heavy (non-hydrogen) atoms. The molecule has 0 aromatic heterocycles. The summed E-state index contributed by atoms with van der Waals surface area (Å²) >= 11 is 0. The van der Waals surface area contributed by atoms with Crippen LogP contribution in [0.4, 0.5) is 4.79 Å². The Balaban J connectivity index is 2.80. The SMILES string of the molecule is CNC(=O)N(/C=C\CC(C)N)C1C=C/C=C\C=C/C1. The van der Waals surface area contributed by atoms with Gasteiger partial charge < -0.3 is 11.1 Å². The summed E-state index contributed by atoms with van der Waals surface area (Å²) in [6.45, 7) is 1.94. The predicted octanol–water partition coefficient (Wildman–Crippen LogP) is 2.32. The highest BCUT2D eigenvalue weighted by molar-refractivity contribution is 5.75. The van der Waals surface area contributed by atoms with Crippen LogP contribution >= 0.6 is 0 Å². The van der Waals surface area contributed by atoms with Crippen molar-refractivity contribution >= 4 is 6.03 Å². The minimum atomic E-state index is -0.117. The van der Waals surface area contributed by atoms with Gasteiger partial charge in [0, 0.05) is 19.3 Å². The van der Waals surface area contributed by atoms with Gasteiger partial charge in [0.25, 0.3) is 0 Å². The van der Waals surface area contributed by atoms with Gasteiger partial charge in [-0.15, -0.1) is 0 Å². The zero-order valence-corrected chi connectivity index (χ0v) is 11.6. The number of hydrogen-bond donors (Lipinski definition) is 2. The lowest BCUT2D eigenvalue weighted by Crippen LogP contribution is -2.40. The molecule has 0 fully saturated rings. The molecule has 0 aromatic rings. The first-order chi connectivity index (χ1) is 9.15. The quantitative estimate of drug-likeness (QED) is 0.816. The van der Waals surface area contributed by atoms with E-state index in [1.807, 2.05) is 49.6 Å².